The highest BCUT2D eigenvalue weighted by Crippen LogP contribution is 2.47. The number of halogens is 2. The molecule has 5 heteroatoms. The Kier molecular flexibility index (Phi) is 11.3. The molecular formula is C25H36Cl2O3. The first-order valence-corrected chi connectivity index (χ1v) is 12.1. The van der Waals surface area contributed by atoms with Gasteiger partial charge in [-0.1, -0.05) is 62.6 Å². The van der Waals surface area contributed by atoms with Crippen molar-refractivity contribution in [1.29, 1.82) is 0 Å². The van der Waals surface area contributed by atoms with E-state index in [4.69, 9.17) is 23.2 Å². The van der Waals surface area contributed by atoms with Gasteiger partial charge in [0.1, 0.15) is 0 Å². The van der Waals surface area contributed by atoms with Crippen LogP contribution in [0.25, 0.3) is 0 Å². The fraction of sp³-hybridized carbons (Fsp3) is 0.640. The summed E-state index contributed by atoms with van der Waals surface area (Å²) in [4.78, 5) is 11.2. The standard InChI is InChI=1S/C25H36Cl2O3/c1-3-4-7-11-23(28)18-13-15-19(16-14-18)25-20(21(26)17-22(25)27)10-8-5-6-9-12-24(29)30-2/h5,8,13-16,20-23,25,28H,3-4,6-7,9-12,17H2,1-2H3/b8-5-/t20?,21-,22-,23-,25-/m1/s1. The molecule has 1 aliphatic rings. The topological polar surface area (TPSA) is 46.5 Å². The number of benzene rings is 1. The maximum Gasteiger partial charge on any atom is 0.305 e. The molecule has 0 spiro atoms. The first-order valence-electron chi connectivity index (χ1n) is 11.3. The molecule has 1 unspecified atom stereocenters. The molecule has 1 aromatic rings. The van der Waals surface area contributed by atoms with Crippen molar-refractivity contribution in [3.05, 3.63) is 47.5 Å². The maximum absolute atomic E-state index is 11.2. The molecule has 1 saturated carbocycles. The van der Waals surface area contributed by atoms with Crippen LogP contribution in [0.15, 0.2) is 36.4 Å². The SMILES string of the molecule is CCCCC[C@@H](O)c1ccc([C@@H]2C(C/C=C\CCCC(=O)OC)[C@H](Cl)C[C@H]2Cl)cc1. The smallest absolute Gasteiger partial charge is 0.305 e. The van der Waals surface area contributed by atoms with Gasteiger partial charge >= 0.3 is 5.97 Å². The maximum atomic E-state index is 11.2. The lowest BCUT2D eigenvalue weighted by Gasteiger charge is -2.23. The number of carbonyl (C=O) groups excluding carboxylic acids is 1. The van der Waals surface area contributed by atoms with Gasteiger partial charge in [-0.2, -0.15) is 0 Å². The molecule has 0 heterocycles. The van der Waals surface area contributed by atoms with Crippen molar-refractivity contribution in [3.63, 3.8) is 0 Å². The van der Waals surface area contributed by atoms with Crippen molar-refractivity contribution in [3.8, 4) is 0 Å². The summed E-state index contributed by atoms with van der Waals surface area (Å²) in [5, 5.41) is 10.5. The molecule has 2 rings (SSSR count). The number of carbonyl (C=O) groups is 1. The predicted octanol–water partition coefficient (Wildman–Crippen LogP) is 6.91. The van der Waals surface area contributed by atoms with Gasteiger partial charge in [-0.15, -0.1) is 23.2 Å². The van der Waals surface area contributed by atoms with Crippen molar-refractivity contribution >= 4 is 29.2 Å². The number of esters is 1. The van der Waals surface area contributed by atoms with Crippen LogP contribution in [0.5, 0.6) is 0 Å². The van der Waals surface area contributed by atoms with Gasteiger partial charge in [0.15, 0.2) is 0 Å². The van der Waals surface area contributed by atoms with E-state index in [1.165, 1.54) is 12.7 Å². The molecule has 0 amide bonds. The van der Waals surface area contributed by atoms with Gasteiger partial charge in [-0.05, 0) is 49.1 Å². The quantitative estimate of drug-likeness (QED) is 0.161. The van der Waals surface area contributed by atoms with Gasteiger partial charge in [0.2, 0.25) is 0 Å². The van der Waals surface area contributed by atoms with Crippen LogP contribution in [-0.4, -0.2) is 28.9 Å². The fourth-order valence-corrected chi connectivity index (χ4v) is 5.38. The lowest BCUT2D eigenvalue weighted by atomic mass is 9.85. The Balaban J connectivity index is 1.94. The van der Waals surface area contributed by atoms with Gasteiger partial charge < -0.3 is 9.84 Å². The second kappa shape index (κ2) is 13.4. The fourth-order valence-electron chi connectivity index (χ4n) is 4.31. The van der Waals surface area contributed by atoms with Crippen molar-refractivity contribution in [2.75, 3.05) is 7.11 Å². The minimum atomic E-state index is -0.398. The third kappa shape index (κ3) is 7.59. The highest BCUT2D eigenvalue weighted by Gasteiger charge is 2.41. The average Bonchev–Trinajstić information content (AvgIpc) is 3.03. The van der Waals surface area contributed by atoms with E-state index >= 15 is 0 Å². The number of aliphatic hydroxyl groups excluding tert-OH is 1. The molecule has 0 saturated heterocycles. The van der Waals surface area contributed by atoms with Gasteiger partial charge in [-0.25, -0.2) is 0 Å². The molecule has 1 aromatic carbocycles. The first-order chi connectivity index (χ1) is 14.5. The molecule has 1 fully saturated rings. The number of methoxy groups -OCH3 is 1. The highest BCUT2D eigenvalue weighted by molar-refractivity contribution is 6.25. The summed E-state index contributed by atoms with van der Waals surface area (Å²) in [5.74, 6) is 0.329. The minimum Gasteiger partial charge on any atom is -0.469 e. The molecule has 5 atom stereocenters. The molecule has 3 nitrogen and oxygen atoms in total. The van der Waals surface area contributed by atoms with Gasteiger partial charge in [0.25, 0.3) is 0 Å². The number of hydrogen-bond acceptors (Lipinski definition) is 3. The Hall–Kier alpha value is -1.03. The number of rotatable bonds is 12. The van der Waals surface area contributed by atoms with Crippen molar-refractivity contribution in [2.24, 2.45) is 5.92 Å². The minimum absolute atomic E-state index is 0.0190. The second-order valence-electron chi connectivity index (χ2n) is 8.31. The zero-order chi connectivity index (χ0) is 21.9. The number of ether oxygens (including phenoxy) is 1. The van der Waals surface area contributed by atoms with Crippen LogP contribution in [0.1, 0.15) is 87.9 Å². The zero-order valence-electron chi connectivity index (χ0n) is 18.2. The largest absolute Gasteiger partial charge is 0.469 e. The van der Waals surface area contributed by atoms with E-state index in [1.807, 2.05) is 12.1 Å². The van der Waals surface area contributed by atoms with E-state index in [0.29, 0.717) is 6.42 Å². The first kappa shape index (κ1) is 25.2. The monoisotopic (exact) mass is 454 g/mol. The summed E-state index contributed by atoms with van der Waals surface area (Å²) in [6, 6.07) is 8.30. The van der Waals surface area contributed by atoms with Crippen LogP contribution in [0, 0.1) is 5.92 Å². The average molecular weight is 455 g/mol. The predicted molar refractivity (Wildman–Crippen MR) is 125 cm³/mol. The number of hydrogen-bond donors (Lipinski definition) is 1. The van der Waals surface area contributed by atoms with Crippen LogP contribution >= 0.6 is 23.2 Å². The van der Waals surface area contributed by atoms with Crippen LogP contribution in [-0.2, 0) is 9.53 Å². The van der Waals surface area contributed by atoms with E-state index in [1.54, 1.807) is 0 Å². The zero-order valence-corrected chi connectivity index (χ0v) is 19.7. The summed E-state index contributed by atoms with van der Waals surface area (Å²) in [6.45, 7) is 2.17. The van der Waals surface area contributed by atoms with E-state index in [9.17, 15) is 9.90 Å². The van der Waals surface area contributed by atoms with Gasteiger partial charge in [-0.3, -0.25) is 4.79 Å². The normalized spacial score (nSPS) is 25.0. The van der Waals surface area contributed by atoms with Crippen molar-refractivity contribution < 1.29 is 14.6 Å². The molecular weight excluding hydrogens is 419 g/mol. The Morgan fingerprint density at radius 1 is 1.17 bits per heavy atom. The summed E-state index contributed by atoms with van der Waals surface area (Å²) in [6.07, 6.45) is 11.8. The lowest BCUT2D eigenvalue weighted by molar-refractivity contribution is -0.140. The molecule has 0 aromatic heterocycles. The van der Waals surface area contributed by atoms with Crippen LogP contribution in [0.4, 0.5) is 0 Å². The second-order valence-corrected chi connectivity index (χ2v) is 9.43. The molecule has 168 valence electrons. The molecule has 0 bridgehead atoms. The van der Waals surface area contributed by atoms with Gasteiger partial charge in [0, 0.05) is 23.1 Å². The summed E-state index contributed by atoms with van der Waals surface area (Å²) >= 11 is 13.3. The van der Waals surface area contributed by atoms with Crippen molar-refractivity contribution in [1.82, 2.24) is 0 Å². The van der Waals surface area contributed by atoms with Crippen molar-refractivity contribution in [2.45, 2.75) is 87.5 Å². The summed E-state index contributed by atoms with van der Waals surface area (Å²) in [5.41, 5.74) is 2.18. The number of aliphatic hydroxyl groups is 1. The Bertz CT molecular complexity index is 659. The number of unbranched alkanes of at least 4 members (excludes halogenated alkanes) is 3. The molecule has 1 N–H and O–H groups in total. The van der Waals surface area contributed by atoms with Crippen LogP contribution in [0.2, 0.25) is 0 Å². The molecule has 30 heavy (non-hydrogen) atoms. The lowest BCUT2D eigenvalue weighted by Crippen LogP contribution is -2.16. The Labute approximate surface area is 191 Å². The number of alkyl halides is 2. The Morgan fingerprint density at radius 3 is 2.57 bits per heavy atom. The van der Waals surface area contributed by atoms with E-state index < -0.39 is 6.10 Å². The van der Waals surface area contributed by atoms with E-state index in [0.717, 1.165) is 56.9 Å². The third-order valence-corrected chi connectivity index (χ3v) is 7.06. The number of allylic oxidation sites excluding steroid dienone is 2. The van der Waals surface area contributed by atoms with Crippen LogP contribution < -0.4 is 0 Å². The molecule has 0 aliphatic heterocycles. The molecule has 0 radical (unpaired) electrons. The summed E-state index contributed by atoms with van der Waals surface area (Å²) in [7, 11) is 1.42. The van der Waals surface area contributed by atoms with Crippen LogP contribution in [0.3, 0.4) is 0 Å². The third-order valence-electron chi connectivity index (χ3n) is 6.11. The molecule has 1 aliphatic carbocycles. The van der Waals surface area contributed by atoms with Gasteiger partial charge in [0.05, 0.1) is 13.2 Å². The van der Waals surface area contributed by atoms with E-state index in [-0.39, 0.29) is 28.6 Å². The van der Waals surface area contributed by atoms with E-state index in [2.05, 4.69) is 35.9 Å². The summed E-state index contributed by atoms with van der Waals surface area (Å²) < 4.78 is 4.66. The highest BCUT2D eigenvalue weighted by atomic mass is 35.5. The Morgan fingerprint density at radius 2 is 1.90 bits per heavy atom.